The maximum absolute atomic E-state index is 15.4. The van der Waals surface area contributed by atoms with Crippen molar-refractivity contribution in [2.75, 3.05) is 31.3 Å². The van der Waals surface area contributed by atoms with Crippen LogP contribution in [-0.4, -0.2) is 79.9 Å². The second-order valence-electron chi connectivity index (χ2n) is 12.3. The number of hydrogen-bond donors (Lipinski definition) is 3. The molecule has 11 nitrogen and oxygen atoms in total. The summed E-state index contributed by atoms with van der Waals surface area (Å²) in [4.78, 5) is 31.3. The van der Waals surface area contributed by atoms with Crippen LogP contribution in [0.4, 0.5) is 14.9 Å². The SMILES string of the molecule is COC(=O)N[C@H](C(=O)Nc1cccc(F)c1CCC1CNC2CCCS(=O)(=O)N1C2)[C@@H](c1ccc(Cl)cc1)c1ccc(OC(C)C)nc1. The van der Waals surface area contributed by atoms with E-state index in [-0.39, 0.29) is 41.6 Å². The molecule has 2 aliphatic heterocycles. The van der Waals surface area contributed by atoms with Gasteiger partial charge in [0.25, 0.3) is 0 Å². The number of aromatic nitrogens is 1. The van der Waals surface area contributed by atoms with Crippen LogP contribution < -0.4 is 20.7 Å². The Hall–Kier alpha value is -3.78. The maximum Gasteiger partial charge on any atom is 0.407 e. The lowest BCUT2D eigenvalue weighted by Crippen LogP contribution is -2.57. The molecule has 48 heavy (non-hydrogen) atoms. The van der Waals surface area contributed by atoms with E-state index in [1.54, 1.807) is 53.0 Å². The molecule has 258 valence electrons. The van der Waals surface area contributed by atoms with Gasteiger partial charge in [0.1, 0.15) is 11.9 Å². The highest BCUT2D eigenvalue weighted by Crippen LogP contribution is 2.32. The molecule has 2 saturated heterocycles. The number of rotatable bonds is 11. The van der Waals surface area contributed by atoms with Gasteiger partial charge in [0.2, 0.25) is 21.8 Å². The second-order valence-corrected chi connectivity index (χ2v) is 14.8. The van der Waals surface area contributed by atoms with Gasteiger partial charge in [-0.15, -0.1) is 0 Å². The third kappa shape index (κ3) is 8.62. The van der Waals surface area contributed by atoms with Crippen molar-refractivity contribution in [3.05, 3.63) is 88.3 Å². The zero-order valence-corrected chi connectivity index (χ0v) is 28.7. The summed E-state index contributed by atoms with van der Waals surface area (Å²) in [5, 5.41) is 9.42. The van der Waals surface area contributed by atoms with E-state index >= 15 is 4.39 Å². The van der Waals surface area contributed by atoms with Gasteiger partial charge in [-0.25, -0.2) is 22.6 Å². The molecule has 2 amide bonds. The number of halogens is 2. The Kier molecular flexibility index (Phi) is 11.6. The lowest BCUT2D eigenvalue weighted by Gasteiger charge is -2.37. The van der Waals surface area contributed by atoms with Gasteiger partial charge in [0, 0.05) is 59.6 Å². The fourth-order valence-corrected chi connectivity index (χ4v) is 8.25. The van der Waals surface area contributed by atoms with Crippen LogP contribution in [0.25, 0.3) is 0 Å². The van der Waals surface area contributed by atoms with Gasteiger partial charge >= 0.3 is 6.09 Å². The van der Waals surface area contributed by atoms with E-state index in [1.165, 1.54) is 19.2 Å². The fourth-order valence-electron chi connectivity index (χ4n) is 6.32. The van der Waals surface area contributed by atoms with Crippen molar-refractivity contribution in [3.63, 3.8) is 0 Å². The summed E-state index contributed by atoms with van der Waals surface area (Å²) < 4.78 is 53.5. The Bertz CT molecular complexity index is 1690. The average molecular weight is 702 g/mol. The quantitative estimate of drug-likeness (QED) is 0.258. The van der Waals surface area contributed by atoms with Crippen LogP contribution in [0.1, 0.15) is 55.7 Å². The number of amides is 2. The van der Waals surface area contributed by atoms with Crippen LogP contribution in [0.15, 0.2) is 60.8 Å². The lowest BCUT2D eigenvalue weighted by molar-refractivity contribution is -0.118. The summed E-state index contributed by atoms with van der Waals surface area (Å²) in [6.07, 6.45) is 2.52. The molecule has 2 bridgehead atoms. The minimum absolute atomic E-state index is 0.0923. The first-order valence-electron chi connectivity index (χ1n) is 16.0. The Labute approximate surface area is 285 Å². The highest BCUT2D eigenvalue weighted by Gasteiger charge is 2.38. The minimum Gasteiger partial charge on any atom is -0.475 e. The minimum atomic E-state index is -3.43. The number of hydrogen-bond acceptors (Lipinski definition) is 8. The van der Waals surface area contributed by atoms with E-state index in [1.807, 2.05) is 13.8 Å². The number of nitrogens with one attached hydrogen (secondary N) is 3. The Morgan fingerprint density at radius 1 is 1.12 bits per heavy atom. The van der Waals surface area contributed by atoms with E-state index in [9.17, 15) is 18.0 Å². The first kappa shape index (κ1) is 35.5. The van der Waals surface area contributed by atoms with E-state index in [4.69, 9.17) is 21.1 Å². The molecule has 5 rings (SSSR count). The van der Waals surface area contributed by atoms with Crippen LogP contribution >= 0.6 is 11.6 Å². The number of carbonyl (C=O) groups excluding carboxylic acids is 2. The molecule has 0 spiro atoms. The molecule has 0 saturated carbocycles. The Balaban J connectivity index is 1.44. The number of methoxy groups -OCH3 is 1. The van der Waals surface area contributed by atoms with Crippen molar-refractivity contribution < 1.29 is 31.9 Å². The molecular formula is C34H41ClFN5O6S. The van der Waals surface area contributed by atoms with E-state index in [0.717, 1.165) is 6.42 Å². The zero-order chi connectivity index (χ0) is 34.4. The molecule has 14 heteroatoms. The largest absolute Gasteiger partial charge is 0.475 e. The molecule has 3 heterocycles. The number of alkyl carbamates (subject to hydrolysis) is 1. The van der Waals surface area contributed by atoms with Gasteiger partial charge in [-0.05, 0) is 74.9 Å². The van der Waals surface area contributed by atoms with Crippen LogP contribution in [0.5, 0.6) is 5.88 Å². The van der Waals surface area contributed by atoms with E-state index < -0.39 is 39.8 Å². The number of piperazine rings is 1. The molecule has 5 atom stereocenters. The standard InChI is InChI=1S/C34H41ClFN5O6S/c1-21(2)47-30-16-11-23(18-38-30)31(22-9-12-24(35)13-10-22)32(40-34(43)46-3)33(42)39-29-8-4-7-28(36)27(29)15-14-26-19-37-25-6-5-17-48(44,45)41(26)20-25/h4,7-13,16,18,21,25-26,31-32,37H,5-6,14-15,17,19-20H2,1-3H3,(H,39,42)(H,40,43)/t25?,26?,31-,32-/m0/s1. The first-order chi connectivity index (χ1) is 22.9. The van der Waals surface area contributed by atoms with Crippen molar-refractivity contribution in [2.45, 2.75) is 69.7 Å². The van der Waals surface area contributed by atoms with Crippen molar-refractivity contribution in [3.8, 4) is 5.88 Å². The number of anilines is 1. The lowest BCUT2D eigenvalue weighted by atomic mass is 9.85. The number of benzene rings is 2. The average Bonchev–Trinajstić information content (AvgIpc) is 3.17. The summed E-state index contributed by atoms with van der Waals surface area (Å²) in [5.74, 6) is -1.45. The molecule has 0 aliphatic carbocycles. The molecule has 2 fully saturated rings. The van der Waals surface area contributed by atoms with Gasteiger partial charge in [0.15, 0.2) is 0 Å². The highest BCUT2D eigenvalue weighted by atomic mass is 35.5. The summed E-state index contributed by atoms with van der Waals surface area (Å²) >= 11 is 6.18. The molecule has 2 aliphatic rings. The topological polar surface area (TPSA) is 139 Å². The van der Waals surface area contributed by atoms with Gasteiger partial charge in [0.05, 0.1) is 19.0 Å². The Morgan fingerprint density at radius 3 is 2.56 bits per heavy atom. The number of pyridine rings is 1. The van der Waals surface area contributed by atoms with Crippen molar-refractivity contribution in [1.29, 1.82) is 0 Å². The Morgan fingerprint density at radius 2 is 1.88 bits per heavy atom. The number of fused-ring (bicyclic) bond motifs is 2. The van der Waals surface area contributed by atoms with Gasteiger partial charge in [-0.2, -0.15) is 4.31 Å². The van der Waals surface area contributed by atoms with Crippen LogP contribution in [0, 0.1) is 5.82 Å². The van der Waals surface area contributed by atoms with Crippen molar-refractivity contribution >= 4 is 39.3 Å². The molecular weight excluding hydrogens is 661 g/mol. The monoisotopic (exact) mass is 701 g/mol. The van der Waals surface area contributed by atoms with Gasteiger partial charge in [-0.1, -0.05) is 35.9 Å². The first-order valence-corrected chi connectivity index (χ1v) is 18.0. The fraction of sp³-hybridized carbons (Fsp3) is 0.441. The summed E-state index contributed by atoms with van der Waals surface area (Å²) in [5.41, 5.74) is 1.69. The molecule has 3 unspecified atom stereocenters. The highest BCUT2D eigenvalue weighted by molar-refractivity contribution is 7.89. The summed E-state index contributed by atoms with van der Waals surface area (Å²) in [6, 6.07) is 13.2. The van der Waals surface area contributed by atoms with Gasteiger partial charge < -0.3 is 25.4 Å². The second kappa shape index (κ2) is 15.6. The van der Waals surface area contributed by atoms with Crippen LogP contribution in [0.2, 0.25) is 5.02 Å². The third-order valence-electron chi connectivity index (χ3n) is 8.64. The van der Waals surface area contributed by atoms with Crippen molar-refractivity contribution in [1.82, 2.24) is 19.9 Å². The predicted molar refractivity (Wildman–Crippen MR) is 181 cm³/mol. The smallest absolute Gasteiger partial charge is 0.407 e. The summed E-state index contributed by atoms with van der Waals surface area (Å²) in [7, 11) is -2.23. The normalized spacial score (nSPS) is 21.4. The number of carbonyl (C=O) groups is 2. The van der Waals surface area contributed by atoms with Gasteiger partial charge in [-0.3, -0.25) is 4.79 Å². The third-order valence-corrected chi connectivity index (χ3v) is 10.9. The van der Waals surface area contributed by atoms with E-state index in [2.05, 4.69) is 20.9 Å². The molecule has 2 aromatic carbocycles. The molecule has 0 radical (unpaired) electrons. The van der Waals surface area contributed by atoms with Crippen LogP contribution in [0.3, 0.4) is 0 Å². The molecule has 3 N–H and O–H groups in total. The zero-order valence-electron chi connectivity index (χ0n) is 27.1. The molecule has 1 aromatic heterocycles. The number of ether oxygens (including phenoxy) is 2. The van der Waals surface area contributed by atoms with Crippen molar-refractivity contribution in [2.24, 2.45) is 0 Å². The maximum atomic E-state index is 15.4. The summed E-state index contributed by atoms with van der Waals surface area (Å²) in [6.45, 7) is 4.61. The predicted octanol–water partition coefficient (Wildman–Crippen LogP) is 4.86. The number of nitrogens with zero attached hydrogens (tertiary/aromatic N) is 2. The van der Waals surface area contributed by atoms with Crippen LogP contribution in [-0.2, 0) is 26.0 Å². The number of sulfonamides is 1. The molecule has 3 aromatic rings. The van der Waals surface area contributed by atoms with E-state index in [0.29, 0.717) is 48.0 Å².